The number of hydrogen-bond donors (Lipinski definition) is 2. The number of carbonyl (C=O) groups excluding carboxylic acids is 2. The maximum Gasteiger partial charge on any atom is 0.415 e. The summed E-state index contributed by atoms with van der Waals surface area (Å²) in [6.07, 6.45) is -0.127. The number of cyclic esters (lactones) is 2. The second-order valence-corrected chi connectivity index (χ2v) is 4.30. The molecule has 0 aliphatic carbocycles. The number of nitrogens with one attached hydrogen (secondary N) is 1. The number of carboxylic acid groups (broad SMARTS) is 1. The second kappa shape index (κ2) is 5.51. The van der Waals surface area contributed by atoms with Crippen LogP contribution in [0.5, 0.6) is 0 Å². The van der Waals surface area contributed by atoms with Crippen molar-refractivity contribution in [1.82, 2.24) is 5.32 Å². The fourth-order valence-electron chi connectivity index (χ4n) is 2.03. The van der Waals surface area contributed by atoms with Gasteiger partial charge in [-0.05, 0) is 18.4 Å². The molecule has 1 aromatic rings. The monoisotopic (exact) mass is 263 g/mol. The summed E-state index contributed by atoms with van der Waals surface area (Å²) in [6, 6.07) is 8.24. The number of esters is 1. The van der Waals surface area contributed by atoms with E-state index >= 15 is 0 Å². The van der Waals surface area contributed by atoms with Crippen LogP contribution >= 0.6 is 0 Å². The van der Waals surface area contributed by atoms with Gasteiger partial charge in [0.25, 0.3) is 0 Å². The summed E-state index contributed by atoms with van der Waals surface area (Å²) in [4.78, 5) is 33.5. The molecule has 1 amide bonds. The Morgan fingerprint density at radius 2 is 2.00 bits per heavy atom. The van der Waals surface area contributed by atoms with E-state index in [1.54, 1.807) is 0 Å². The number of benzene rings is 1. The normalized spacial score (nSPS) is 19.7. The van der Waals surface area contributed by atoms with Crippen LogP contribution in [0.2, 0.25) is 0 Å². The highest BCUT2D eigenvalue weighted by Gasteiger charge is 2.41. The second-order valence-electron chi connectivity index (χ2n) is 4.30. The van der Waals surface area contributed by atoms with E-state index < -0.39 is 30.0 Å². The van der Waals surface area contributed by atoms with Crippen molar-refractivity contribution >= 4 is 18.0 Å². The van der Waals surface area contributed by atoms with Crippen LogP contribution in [0.3, 0.4) is 0 Å². The predicted molar refractivity (Wildman–Crippen MR) is 64.3 cm³/mol. The van der Waals surface area contributed by atoms with Gasteiger partial charge >= 0.3 is 18.0 Å². The number of alkyl carbamates (subject to hydrolysis) is 1. The van der Waals surface area contributed by atoms with Crippen molar-refractivity contribution in [1.29, 1.82) is 0 Å². The molecule has 0 aromatic heterocycles. The topological polar surface area (TPSA) is 92.7 Å². The first-order chi connectivity index (χ1) is 9.08. The largest absolute Gasteiger partial charge is 0.481 e. The number of hydrogen-bond acceptors (Lipinski definition) is 4. The van der Waals surface area contributed by atoms with Crippen LogP contribution in [0.15, 0.2) is 30.3 Å². The van der Waals surface area contributed by atoms with Crippen LogP contribution in [0, 0.1) is 5.92 Å². The summed E-state index contributed by atoms with van der Waals surface area (Å²) < 4.78 is 4.30. The zero-order chi connectivity index (χ0) is 13.8. The fourth-order valence-corrected chi connectivity index (χ4v) is 2.03. The van der Waals surface area contributed by atoms with Gasteiger partial charge < -0.3 is 15.2 Å². The summed E-state index contributed by atoms with van der Waals surface area (Å²) in [5.74, 6) is -2.94. The third-order valence-corrected chi connectivity index (χ3v) is 3.03. The van der Waals surface area contributed by atoms with E-state index in [1.807, 2.05) is 30.3 Å². The van der Waals surface area contributed by atoms with Crippen molar-refractivity contribution < 1.29 is 24.2 Å². The van der Waals surface area contributed by atoms with E-state index in [-0.39, 0.29) is 6.42 Å². The molecule has 2 rings (SSSR count). The quantitative estimate of drug-likeness (QED) is 0.609. The van der Waals surface area contributed by atoms with Crippen molar-refractivity contribution in [3.05, 3.63) is 35.9 Å². The molecule has 19 heavy (non-hydrogen) atoms. The number of amides is 1. The molecule has 1 heterocycles. The number of ether oxygens (including phenoxy) is 1. The highest BCUT2D eigenvalue weighted by atomic mass is 16.6. The lowest BCUT2D eigenvalue weighted by atomic mass is 9.93. The van der Waals surface area contributed by atoms with Crippen LogP contribution in [0.4, 0.5) is 4.79 Å². The molecule has 0 bridgehead atoms. The third-order valence-electron chi connectivity index (χ3n) is 3.03. The van der Waals surface area contributed by atoms with Crippen molar-refractivity contribution in [2.75, 3.05) is 0 Å². The molecule has 0 radical (unpaired) electrons. The molecule has 0 spiro atoms. The van der Waals surface area contributed by atoms with Gasteiger partial charge in [-0.3, -0.25) is 4.79 Å². The van der Waals surface area contributed by atoms with Crippen molar-refractivity contribution in [2.45, 2.75) is 18.9 Å². The van der Waals surface area contributed by atoms with Crippen molar-refractivity contribution in [3.8, 4) is 0 Å². The van der Waals surface area contributed by atoms with Gasteiger partial charge in [0, 0.05) is 0 Å². The number of carboxylic acids is 1. The summed E-state index contributed by atoms with van der Waals surface area (Å²) >= 11 is 0. The Labute approximate surface area is 109 Å². The van der Waals surface area contributed by atoms with E-state index in [9.17, 15) is 14.4 Å². The number of aryl methyl sites for hydroxylation is 1. The van der Waals surface area contributed by atoms with E-state index in [4.69, 9.17) is 5.11 Å². The molecule has 0 saturated carbocycles. The van der Waals surface area contributed by atoms with Crippen LogP contribution in [0.25, 0.3) is 0 Å². The van der Waals surface area contributed by atoms with Crippen molar-refractivity contribution in [3.63, 3.8) is 0 Å². The van der Waals surface area contributed by atoms with Crippen LogP contribution < -0.4 is 5.32 Å². The van der Waals surface area contributed by atoms with Gasteiger partial charge in [0.2, 0.25) is 0 Å². The lowest BCUT2D eigenvalue weighted by Gasteiger charge is -2.15. The van der Waals surface area contributed by atoms with Gasteiger partial charge in [0.1, 0.15) is 6.04 Å². The fraction of sp³-hybridized carbons (Fsp3) is 0.308. The number of rotatable bonds is 5. The molecule has 1 unspecified atom stereocenters. The van der Waals surface area contributed by atoms with Crippen LogP contribution in [-0.2, 0) is 20.7 Å². The Morgan fingerprint density at radius 3 is 2.53 bits per heavy atom. The lowest BCUT2D eigenvalue weighted by molar-refractivity contribution is -0.148. The molecule has 1 aliphatic heterocycles. The van der Waals surface area contributed by atoms with Crippen molar-refractivity contribution in [2.24, 2.45) is 5.92 Å². The Kier molecular flexibility index (Phi) is 3.79. The van der Waals surface area contributed by atoms with Crippen LogP contribution in [0.1, 0.15) is 12.0 Å². The molecule has 2 N–H and O–H groups in total. The number of aliphatic carboxylic acids is 1. The highest BCUT2D eigenvalue weighted by molar-refractivity contribution is 5.98. The Bertz CT molecular complexity index is 499. The molecule has 1 aliphatic rings. The van der Waals surface area contributed by atoms with Gasteiger partial charge in [-0.2, -0.15) is 0 Å². The summed E-state index contributed by atoms with van der Waals surface area (Å²) in [5.41, 5.74) is 0.978. The molecule has 6 heteroatoms. The first-order valence-electron chi connectivity index (χ1n) is 5.87. The van der Waals surface area contributed by atoms with E-state index in [0.717, 1.165) is 5.56 Å². The Hall–Kier alpha value is -2.37. The maximum atomic E-state index is 11.4. The summed E-state index contributed by atoms with van der Waals surface area (Å²) in [7, 11) is 0. The molecular formula is C13H13NO5. The summed E-state index contributed by atoms with van der Waals surface area (Å²) in [6.45, 7) is 0. The molecule has 1 saturated heterocycles. The summed E-state index contributed by atoms with van der Waals surface area (Å²) in [5, 5.41) is 11.4. The molecule has 100 valence electrons. The predicted octanol–water partition coefficient (Wildman–Crippen LogP) is 0.955. The minimum atomic E-state index is -1.12. The molecule has 2 atom stereocenters. The lowest BCUT2D eigenvalue weighted by Crippen LogP contribution is -2.41. The molecule has 1 aromatic carbocycles. The van der Waals surface area contributed by atoms with E-state index in [1.165, 1.54) is 0 Å². The minimum absolute atomic E-state index is 0.249. The standard InChI is InChI=1S/C13H13NO5/c15-11(16)9(10-12(17)19-13(18)14-10)7-6-8-4-2-1-3-5-8/h1-5,9-10H,6-7H2,(H,14,18)(H,15,16)/t9-,10?/m0/s1. The first-order valence-corrected chi connectivity index (χ1v) is 5.87. The zero-order valence-corrected chi connectivity index (χ0v) is 10.0. The number of carbonyl (C=O) groups is 3. The third kappa shape index (κ3) is 3.09. The molecular weight excluding hydrogens is 250 g/mol. The Balaban J connectivity index is 2.03. The van der Waals surface area contributed by atoms with Gasteiger partial charge in [0.15, 0.2) is 0 Å². The minimum Gasteiger partial charge on any atom is -0.481 e. The van der Waals surface area contributed by atoms with E-state index in [2.05, 4.69) is 10.1 Å². The van der Waals surface area contributed by atoms with Gasteiger partial charge in [-0.25, -0.2) is 9.59 Å². The van der Waals surface area contributed by atoms with Gasteiger partial charge in [-0.1, -0.05) is 30.3 Å². The average molecular weight is 263 g/mol. The van der Waals surface area contributed by atoms with Gasteiger partial charge in [0.05, 0.1) is 5.92 Å². The zero-order valence-electron chi connectivity index (χ0n) is 10.0. The highest BCUT2D eigenvalue weighted by Crippen LogP contribution is 2.18. The SMILES string of the molecule is O=C1NC([C@H](CCc2ccccc2)C(=O)O)C(=O)O1. The van der Waals surface area contributed by atoms with Gasteiger partial charge in [-0.15, -0.1) is 0 Å². The van der Waals surface area contributed by atoms with Crippen LogP contribution in [-0.4, -0.2) is 29.2 Å². The van der Waals surface area contributed by atoms with E-state index in [0.29, 0.717) is 6.42 Å². The molecule has 1 fully saturated rings. The maximum absolute atomic E-state index is 11.4. The first kappa shape index (κ1) is 13.1. The Morgan fingerprint density at radius 1 is 1.32 bits per heavy atom. The molecule has 6 nitrogen and oxygen atoms in total. The smallest absolute Gasteiger partial charge is 0.415 e. The average Bonchev–Trinajstić information content (AvgIpc) is 2.70.